The summed E-state index contributed by atoms with van der Waals surface area (Å²) in [6.45, 7) is 8.97. The molecule has 1 rings (SSSR count). The van der Waals surface area contributed by atoms with Crippen LogP contribution in [-0.4, -0.2) is 17.7 Å². The van der Waals surface area contributed by atoms with Crippen molar-refractivity contribution in [3.63, 3.8) is 0 Å². The third-order valence-corrected chi connectivity index (χ3v) is 2.73. The molecule has 0 saturated carbocycles. The molecule has 18 heavy (non-hydrogen) atoms. The first-order valence-electron chi connectivity index (χ1n) is 6.32. The van der Waals surface area contributed by atoms with Crippen molar-refractivity contribution < 1.29 is 14.6 Å². The lowest BCUT2D eigenvalue weighted by molar-refractivity contribution is -0.136. The van der Waals surface area contributed by atoms with E-state index >= 15 is 0 Å². The number of benzene rings is 1. The van der Waals surface area contributed by atoms with E-state index in [4.69, 9.17) is 9.84 Å². The third-order valence-electron chi connectivity index (χ3n) is 2.73. The molecule has 0 atom stereocenters. The van der Waals surface area contributed by atoms with Gasteiger partial charge in [-0.15, -0.1) is 0 Å². The predicted octanol–water partition coefficient (Wildman–Crippen LogP) is 3.40. The second-order valence-corrected chi connectivity index (χ2v) is 5.49. The Kier molecular flexibility index (Phi) is 4.76. The van der Waals surface area contributed by atoms with Gasteiger partial charge in [0.15, 0.2) is 0 Å². The zero-order valence-corrected chi connectivity index (χ0v) is 11.6. The number of rotatable bonds is 5. The maximum Gasteiger partial charge on any atom is 0.307 e. The van der Waals surface area contributed by atoms with Crippen molar-refractivity contribution in [3.8, 4) is 5.75 Å². The third kappa shape index (κ3) is 4.06. The van der Waals surface area contributed by atoms with Gasteiger partial charge < -0.3 is 9.84 Å². The summed E-state index contributed by atoms with van der Waals surface area (Å²) in [5.41, 5.74) is 1.89. The molecule has 0 heterocycles. The molecule has 0 aliphatic heterocycles. The Hall–Kier alpha value is -1.51. The minimum Gasteiger partial charge on any atom is -0.493 e. The van der Waals surface area contributed by atoms with Gasteiger partial charge in [0.2, 0.25) is 0 Å². The Labute approximate surface area is 109 Å². The van der Waals surface area contributed by atoms with Crippen LogP contribution in [0.2, 0.25) is 0 Å². The van der Waals surface area contributed by atoms with Gasteiger partial charge in [-0.1, -0.05) is 39.8 Å². The highest BCUT2D eigenvalue weighted by molar-refractivity contribution is 5.71. The van der Waals surface area contributed by atoms with Crippen molar-refractivity contribution in [3.05, 3.63) is 29.3 Å². The quantitative estimate of drug-likeness (QED) is 0.871. The molecule has 0 bridgehead atoms. The van der Waals surface area contributed by atoms with Crippen LogP contribution >= 0.6 is 0 Å². The van der Waals surface area contributed by atoms with Crippen LogP contribution in [0.15, 0.2) is 18.2 Å². The van der Waals surface area contributed by atoms with Crippen molar-refractivity contribution in [1.82, 2.24) is 0 Å². The highest BCUT2D eigenvalue weighted by Gasteiger charge is 2.17. The summed E-state index contributed by atoms with van der Waals surface area (Å²) in [5.74, 6) is -0.144. The van der Waals surface area contributed by atoms with Gasteiger partial charge in [0.1, 0.15) is 5.75 Å². The molecular weight excluding hydrogens is 228 g/mol. The Bertz CT molecular complexity index is 416. The van der Waals surface area contributed by atoms with Crippen LogP contribution in [0.4, 0.5) is 0 Å². The number of carboxylic acids is 1. The molecule has 3 heteroatoms. The molecule has 0 unspecified atom stereocenters. The monoisotopic (exact) mass is 250 g/mol. The zero-order chi connectivity index (χ0) is 13.8. The number of hydrogen-bond acceptors (Lipinski definition) is 2. The fourth-order valence-electron chi connectivity index (χ4n) is 1.70. The summed E-state index contributed by atoms with van der Waals surface area (Å²) in [6.07, 6.45) is 0.913. The number of aliphatic carboxylic acids is 1. The molecular formula is C15H22O3. The average molecular weight is 250 g/mol. The molecule has 1 aromatic rings. The number of hydrogen-bond donors (Lipinski definition) is 1. The summed E-state index contributed by atoms with van der Waals surface area (Å²) >= 11 is 0. The number of carboxylic acid groups (broad SMARTS) is 1. The summed E-state index contributed by atoms with van der Waals surface area (Å²) in [7, 11) is 0. The molecule has 0 aliphatic rings. The molecule has 0 fully saturated rings. The first-order chi connectivity index (χ1) is 8.34. The Balaban J connectivity index is 3.07. The summed E-state index contributed by atoms with van der Waals surface area (Å²) in [6, 6.07) is 5.84. The summed E-state index contributed by atoms with van der Waals surface area (Å²) in [5, 5.41) is 8.95. The van der Waals surface area contributed by atoms with E-state index in [-0.39, 0.29) is 11.8 Å². The maximum atomic E-state index is 10.9. The molecule has 100 valence electrons. The van der Waals surface area contributed by atoms with Gasteiger partial charge in [-0.3, -0.25) is 4.79 Å². The van der Waals surface area contributed by atoms with Crippen LogP contribution in [0.5, 0.6) is 5.75 Å². The largest absolute Gasteiger partial charge is 0.493 e. The number of carbonyl (C=O) groups is 1. The second kappa shape index (κ2) is 5.89. The van der Waals surface area contributed by atoms with Crippen molar-refractivity contribution in [2.45, 2.75) is 46.0 Å². The van der Waals surface area contributed by atoms with Gasteiger partial charge in [0, 0.05) is 5.56 Å². The lowest BCUT2D eigenvalue weighted by atomic mass is 9.85. The van der Waals surface area contributed by atoms with E-state index in [0.717, 1.165) is 17.5 Å². The highest BCUT2D eigenvalue weighted by atomic mass is 16.5. The van der Waals surface area contributed by atoms with Gasteiger partial charge in [-0.2, -0.15) is 0 Å². The average Bonchev–Trinajstić information content (AvgIpc) is 2.25. The van der Waals surface area contributed by atoms with E-state index in [2.05, 4.69) is 20.8 Å². The van der Waals surface area contributed by atoms with Crippen LogP contribution < -0.4 is 4.74 Å². The SMILES string of the molecule is CCCOc1ccc(C(C)(C)C)cc1CC(=O)O. The van der Waals surface area contributed by atoms with Crippen molar-refractivity contribution in [1.29, 1.82) is 0 Å². The predicted molar refractivity (Wildman–Crippen MR) is 72.3 cm³/mol. The van der Waals surface area contributed by atoms with E-state index in [1.807, 2.05) is 25.1 Å². The van der Waals surface area contributed by atoms with E-state index in [1.54, 1.807) is 0 Å². The first kappa shape index (κ1) is 14.6. The van der Waals surface area contributed by atoms with E-state index in [1.165, 1.54) is 0 Å². The minimum absolute atomic E-state index is 0.00294. The van der Waals surface area contributed by atoms with E-state index < -0.39 is 5.97 Å². The Morgan fingerprint density at radius 3 is 2.50 bits per heavy atom. The standard InChI is InChI=1S/C15H22O3/c1-5-8-18-13-7-6-12(15(2,3)4)9-11(13)10-14(16)17/h6-7,9H,5,8,10H2,1-4H3,(H,16,17). The van der Waals surface area contributed by atoms with E-state index in [9.17, 15) is 4.79 Å². The smallest absolute Gasteiger partial charge is 0.307 e. The molecule has 0 radical (unpaired) electrons. The zero-order valence-electron chi connectivity index (χ0n) is 11.6. The molecule has 0 amide bonds. The van der Waals surface area contributed by atoms with Crippen LogP contribution in [-0.2, 0) is 16.6 Å². The van der Waals surface area contributed by atoms with Crippen molar-refractivity contribution >= 4 is 5.97 Å². The molecule has 3 nitrogen and oxygen atoms in total. The molecule has 1 aromatic carbocycles. The van der Waals surface area contributed by atoms with Gasteiger partial charge in [-0.05, 0) is 23.5 Å². The summed E-state index contributed by atoms with van der Waals surface area (Å²) in [4.78, 5) is 10.9. The second-order valence-electron chi connectivity index (χ2n) is 5.49. The van der Waals surface area contributed by atoms with Crippen LogP contribution in [0.3, 0.4) is 0 Å². The van der Waals surface area contributed by atoms with Crippen LogP contribution in [0.1, 0.15) is 45.2 Å². The maximum absolute atomic E-state index is 10.9. The molecule has 0 spiro atoms. The molecule has 0 aromatic heterocycles. The van der Waals surface area contributed by atoms with Gasteiger partial charge in [0.25, 0.3) is 0 Å². The fraction of sp³-hybridized carbons (Fsp3) is 0.533. The van der Waals surface area contributed by atoms with Gasteiger partial charge >= 0.3 is 5.97 Å². The fourth-order valence-corrected chi connectivity index (χ4v) is 1.70. The van der Waals surface area contributed by atoms with Gasteiger partial charge in [-0.25, -0.2) is 0 Å². The molecule has 0 aliphatic carbocycles. The molecule has 0 saturated heterocycles. The summed E-state index contributed by atoms with van der Waals surface area (Å²) < 4.78 is 5.59. The van der Waals surface area contributed by atoms with Crippen LogP contribution in [0.25, 0.3) is 0 Å². The van der Waals surface area contributed by atoms with Gasteiger partial charge in [0.05, 0.1) is 13.0 Å². The lowest BCUT2D eigenvalue weighted by Gasteiger charge is -2.21. The lowest BCUT2D eigenvalue weighted by Crippen LogP contribution is -2.13. The topological polar surface area (TPSA) is 46.5 Å². The highest BCUT2D eigenvalue weighted by Crippen LogP contribution is 2.28. The Morgan fingerprint density at radius 2 is 2.00 bits per heavy atom. The van der Waals surface area contributed by atoms with Crippen molar-refractivity contribution in [2.75, 3.05) is 6.61 Å². The first-order valence-corrected chi connectivity index (χ1v) is 6.32. The normalized spacial score (nSPS) is 11.3. The van der Waals surface area contributed by atoms with Crippen LogP contribution in [0, 0.1) is 0 Å². The van der Waals surface area contributed by atoms with E-state index in [0.29, 0.717) is 12.4 Å². The van der Waals surface area contributed by atoms with Crippen molar-refractivity contribution in [2.24, 2.45) is 0 Å². The molecule has 1 N–H and O–H groups in total. The minimum atomic E-state index is -0.831. The number of ether oxygens (including phenoxy) is 1. The Morgan fingerprint density at radius 1 is 1.33 bits per heavy atom.